The fourth-order valence-electron chi connectivity index (χ4n) is 1.73. The van der Waals surface area contributed by atoms with Crippen LogP contribution in [-0.4, -0.2) is 22.4 Å². The standard InChI is InChI=1S/C13H15N3O2/c1-3-18-13(17)11-10(16-8-4-7-15-16)6-5-9(2)12(11)14/h4-8H,3,14H2,1-2H3. The van der Waals surface area contributed by atoms with Crippen LogP contribution >= 0.6 is 0 Å². The summed E-state index contributed by atoms with van der Waals surface area (Å²) >= 11 is 0. The summed E-state index contributed by atoms with van der Waals surface area (Å²) in [5, 5.41) is 4.11. The van der Waals surface area contributed by atoms with E-state index in [0.717, 1.165) is 5.56 Å². The number of hydrogen-bond acceptors (Lipinski definition) is 4. The number of nitrogens with two attached hydrogens (primary N) is 1. The Bertz CT molecular complexity index is 562. The Balaban J connectivity index is 2.60. The van der Waals surface area contributed by atoms with E-state index in [4.69, 9.17) is 10.5 Å². The largest absolute Gasteiger partial charge is 0.462 e. The molecule has 0 fully saturated rings. The van der Waals surface area contributed by atoms with Crippen LogP contribution in [0.25, 0.3) is 5.69 Å². The number of benzene rings is 1. The molecule has 18 heavy (non-hydrogen) atoms. The van der Waals surface area contributed by atoms with Crippen LogP contribution in [-0.2, 0) is 4.74 Å². The first-order chi connectivity index (χ1) is 8.65. The van der Waals surface area contributed by atoms with Gasteiger partial charge in [0, 0.05) is 12.4 Å². The molecule has 1 aromatic carbocycles. The number of anilines is 1. The molecular formula is C13H15N3O2. The number of rotatable bonds is 3. The Morgan fingerprint density at radius 1 is 1.50 bits per heavy atom. The topological polar surface area (TPSA) is 70.1 Å². The van der Waals surface area contributed by atoms with Crippen LogP contribution < -0.4 is 5.73 Å². The molecule has 0 amide bonds. The molecule has 5 heteroatoms. The lowest BCUT2D eigenvalue weighted by Gasteiger charge is -2.13. The number of carbonyl (C=O) groups excluding carboxylic acids is 1. The maximum Gasteiger partial charge on any atom is 0.342 e. The maximum atomic E-state index is 12.0. The second kappa shape index (κ2) is 4.91. The van der Waals surface area contributed by atoms with Gasteiger partial charge in [-0.3, -0.25) is 0 Å². The van der Waals surface area contributed by atoms with Crippen LogP contribution in [0.3, 0.4) is 0 Å². The summed E-state index contributed by atoms with van der Waals surface area (Å²) in [5.41, 5.74) is 8.24. The second-order valence-corrected chi connectivity index (χ2v) is 3.86. The molecule has 2 rings (SSSR count). The second-order valence-electron chi connectivity index (χ2n) is 3.86. The van der Waals surface area contributed by atoms with Crippen molar-refractivity contribution in [3.05, 3.63) is 41.7 Å². The molecule has 0 spiro atoms. The molecule has 2 aromatic rings. The number of carbonyl (C=O) groups is 1. The van der Waals surface area contributed by atoms with Gasteiger partial charge in [-0.15, -0.1) is 0 Å². The van der Waals surface area contributed by atoms with E-state index in [1.165, 1.54) is 0 Å². The van der Waals surface area contributed by atoms with Gasteiger partial charge in [-0.25, -0.2) is 9.48 Å². The summed E-state index contributed by atoms with van der Waals surface area (Å²) < 4.78 is 6.64. The number of nitrogens with zero attached hydrogens (tertiary/aromatic N) is 2. The lowest BCUT2D eigenvalue weighted by atomic mass is 10.1. The van der Waals surface area contributed by atoms with E-state index >= 15 is 0 Å². The smallest absolute Gasteiger partial charge is 0.342 e. The quantitative estimate of drug-likeness (QED) is 0.662. The minimum atomic E-state index is -0.427. The Kier molecular flexibility index (Phi) is 3.32. The van der Waals surface area contributed by atoms with Crippen LogP contribution in [0, 0.1) is 6.92 Å². The van der Waals surface area contributed by atoms with Crippen molar-refractivity contribution in [2.75, 3.05) is 12.3 Å². The molecule has 0 aliphatic carbocycles. The van der Waals surface area contributed by atoms with E-state index in [0.29, 0.717) is 23.5 Å². The van der Waals surface area contributed by atoms with Crippen molar-refractivity contribution in [2.24, 2.45) is 0 Å². The first-order valence-corrected chi connectivity index (χ1v) is 5.71. The number of aromatic nitrogens is 2. The van der Waals surface area contributed by atoms with Crippen molar-refractivity contribution in [1.29, 1.82) is 0 Å². The van der Waals surface area contributed by atoms with Gasteiger partial charge < -0.3 is 10.5 Å². The average Bonchev–Trinajstić information content (AvgIpc) is 2.86. The molecule has 0 saturated heterocycles. The van der Waals surface area contributed by atoms with Crippen molar-refractivity contribution < 1.29 is 9.53 Å². The summed E-state index contributed by atoms with van der Waals surface area (Å²) in [6, 6.07) is 5.45. The molecule has 0 aliphatic rings. The Morgan fingerprint density at radius 2 is 2.28 bits per heavy atom. The van der Waals surface area contributed by atoms with Gasteiger partial charge in [-0.2, -0.15) is 5.10 Å². The lowest BCUT2D eigenvalue weighted by Crippen LogP contribution is -2.14. The molecule has 0 bridgehead atoms. The van der Waals surface area contributed by atoms with Crippen LogP contribution in [0.1, 0.15) is 22.8 Å². The van der Waals surface area contributed by atoms with Crippen LogP contribution in [0.5, 0.6) is 0 Å². The van der Waals surface area contributed by atoms with Gasteiger partial charge in [0.05, 0.1) is 18.0 Å². The highest BCUT2D eigenvalue weighted by atomic mass is 16.5. The summed E-state index contributed by atoms with van der Waals surface area (Å²) in [4.78, 5) is 12.0. The first kappa shape index (κ1) is 12.2. The molecule has 0 radical (unpaired) electrons. The minimum Gasteiger partial charge on any atom is -0.462 e. The summed E-state index contributed by atoms with van der Waals surface area (Å²) in [7, 11) is 0. The average molecular weight is 245 g/mol. The van der Waals surface area contributed by atoms with Gasteiger partial charge in [-0.05, 0) is 31.5 Å². The number of aryl methyl sites for hydroxylation is 1. The van der Waals surface area contributed by atoms with Crippen molar-refractivity contribution in [3.63, 3.8) is 0 Å². The number of hydrogen-bond donors (Lipinski definition) is 1. The van der Waals surface area contributed by atoms with Crippen LogP contribution in [0.2, 0.25) is 0 Å². The normalized spacial score (nSPS) is 10.3. The molecule has 94 valence electrons. The van der Waals surface area contributed by atoms with Gasteiger partial charge in [0.25, 0.3) is 0 Å². The van der Waals surface area contributed by atoms with Gasteiger partial charge in [-0.1, -0.05) is 6.07 Å². The highest BCUT2D eigenvalue weighted by Crippen LogP contribution is 2.25. The van der Waals surface area contributed by atoms with E-state index in [1.807, 2.05) is 19.1 Å². The van der Waals surface area contributed by atoms with E-state index in [1.54, 1.807) is 30.1 Å². The fraction of sp³-hybridized carbons (Fsp3) is 0.231. The van der Waals surface area contributed by atoms with Gasteiger partial charge in [0.1, 0.15) is 5.56 Å². The van der Waals surface area contributed by atoms with Gasteiger partial charge >= 0.3 is 5.97 Å². The highest BCUT2D eigenvalue weighted by Gasteiger charge is 2.19. The summed E-state index contributed by atoms with van der Waals surface area (Å²) in [5.74, 6) is -0.427. The lowest BCUT2D eigenvalue weighted by molar-refractivity contribution is 0.0527. The number of nitrogen functional groups attached to an aromatic ring is 1. The molecule has 0 saturated carbocycles. The van der Waals surface area contributed by atoms with E-state index in [-0.39, 0.29) is 0 Å². The summed E-state index contributed by atoms with van der Waals surface area (Å²) in [6.45, 7) is 3.92. The Hall–Kier alpha value is -2.30. The third kappa shape index (κ3) is 2.07. The highest BCUT2D eigenvalue weighted by molar-refractivity contribution is 5.99. The minimum absolute atomic E-state index is 0.310. The SMILES string of the molecule is CCOC(=O)c1c(-n2cccn2)ccc(C)c1N. The fourth-order valence-corrected chi connectivity index (χ4v) is 1.73. The maximum absolute atomic E-state index is 12.0. The zero-order valence-corrected chi connectivity index (χ0v) is 10.4. The predicted octanol–water partition coefficient (Wildman–Crippen LogP) is 1.94. The van der Waals surface area contributed by atoms with Crippen molar-refractivity contribution in [3.8, 4) is 5.69 Å². The molecule has 5 nitrogen and oxygen atoms in total. The Morgan fingerprint density at radius 3 is 2.89 bits per heavy atom. The number of esters is 1. The van der Waals surface area contributed by atoms with Crippen molar-refractivity contribution >= 4 is 11.7 Å². The van der Waals surface area contributed by atoms with E-state index in [2.05, 4.69) is 5.10 Å². The van der Waals surface area contributed by atoms with Crippen LogP contribution in [0.4, 0.5) is 5.69 Å². The zero-order chi connectivity index (χ0) is 13.1. The van der Waals surface area contributed by atoms with Gasteiger partial charge in [0.15, 0.2) is 0 Å². The third-order valence-corrected chi connectivity index (χ3v) is 2.67. The molecule has 0 unspecified atom stereocenters. The Labute approximate surface area is 105 Å². The predicted molar refractivity (Wildman–Crippen MR) is 68.7 cm³/mol. The number of ether oxygens (including phenoxy) is 1. The zero-order valence-electron chi connectivity index (χ0n) is 10.4. The molecule has 0 atom stereocenters. The van der Waals surface area contributed by atoms with Crippen LogP contribution in [0.15, 0.2) is 30.6 Å². The molecule has 0 aliphatic heterocycles. The molecule has 2 N–H and O–H groups in total. The molecular weight excluding hydrogens is 230 g/mol. The summed E-state index contributed by atoms with van der Waals surface area (Å²) in [6.07, 6.45) is 3.40. The van der Waals surface area contributed by atoms with E-state index < -0.39 is 5.97 Å². The van der Waals surface area contributed by atoms with Gasteiger partial charge in [0.2, 0.25) is 0 Å². The molecule has 1 aromatic heterocycles. The van der Waals surface area contributed by atoms with E-state index in [9.17, 15) is 4.79 Å². The first-order valence-electron chi connectivity index (χ1n) is 5.71. The van der Waals surface area contributed by atoms with Crippen molar-refractivity contribution in [1.82, 2.24) is 9.78 Å². The monoisotopic (exact) mass is 245 g/mol. The molecule has 1 heterocycles. The van der Waals surface area contributed by atoms with Crippen molar-refractivity contribution in [2.45, 2.75) is 13.8 Å². The third-order valence-electron chi connectivity index (χ3n) is 2.67.